The van der Waals surface area contributed by atoms with Crippen LogP contribution in [-0.2, 0) is 0 Å². The number of hydrogen-bond donors (Lipinski definition) is 0. The summed E-state index contributed by atoms with van der Waals surface area (Å²) in [4.78, 5) is 12.8. The number of nitro groups is 1. The summed E-state index contributed by atoms with van der Waals surface area (Å²) in [6, 6.07) is 16.9. The molecule has 6 nitrogen and oxygen atoms in total. The predicted octanol–water partition coefficient (Wildman–Crippen LogP) is 5.30. The van der Waals surface area contributed by atoms with Gasteiger partial charge in [-0.1, -0.05) is 51.1 Å². The third-order valence-electron chi connectivity index (χ3n) is 6.58. The number of nitro benzene ring substituents is 1. The van der Waals surface area contributed by atoms with Crippen LogP contribution in [0.1, 0.15) is 40.2 Å². The van der Waals surface area contributed by atoms with Crippen LogP contribution in [0.25, 0.3) is 0 Å². The molecule has 0 N–H and O–H groups in total. The minimum absolute atomic E-state index is 0.0856. The maximum absolute atomic E-state index is 11.1. The number of hydrazone groups is 1. The van der Waals surface area contributed by atoms with E-state index < -0.39 is 4.99 Å². The number of thioether (sulfide) groups is 1. The van der Waals surface area contributed by atoms with Crippen molar-refractivity contribution in [2.75, 3.05) is 10.8 Å². The van der Waals surface area contributed by atoms with E-state index >= 15 is 0 Å². The summed E-state index contributed by atoms with van der Waals surface area (Å²) in [5.41, 5.74) is 1.81. The molecule has 0 aromatic heterocycles. The molecule has 2 aromatic rings. The molecule has 2 aromatic carbocycles. The van der Waals surface area contributed by atoms with Gasteiger partial charge < -0.3 is 4.90 Å². The molecule has 2 aliphatic heterocycles. The van der Waals surface area contributed by atoms with Crippen LogP contribution in [0.5, 0.6) is 0 Å². The van der Waals surface area contributed by atoms with Gasteiger partial charge in [0.25, 0.3) is 5.69 Å². The minimum Gasteiger partial charge on any atom is -0.315 e. The summed E-state index contributed by atoms with van der Waals surface area (Å²) >= 11 is 1.86. The third-order valence-corrected chi connectivity index (χ3v) is 8.14. The molecule has 1 saturated heterocycles. The molecule has 1 atom stereocenters. The van der Waals surface area contributed by atoms with E-state index in [2.05, 4.69) is 56.7 Å². The Hall–Kier alpha value is -2.54. The minimum atomic E-state index is -0.396. The highest BCUT2D eigenvalue weighted by Crippen LogP contribution is 2.68. The van der Waals surface area contributed by atoms with Crippen molar-refractivity contribution in [2.24, 2.45) is 10.5 Å². The van der Waals surface area contributed by atoms with E-state index in [0.29, 0.717) is 0 Å². The van der Waals surface area contributed by atoms with Gasteiger partial charge in [-0.2, -0.15) is 5.10 Å². The summed E-state index contributed by atoms with van der Waals surface area (Å²) in [5.74, 6) is 1.87. The van der Waals surface area contributed by atoms with Gasteiger partial charge in [-0.3, -0.25) is 10.1 Å². The lowest BCUT2D eigenvalue weighted by atomic mass is 9.61. The van der Waals surface area contributed by atoms with Crippen LogP contribution in [0.2, 0.25) is 0 Å². The summed E-state index contributed by atoms with van der Waals surface area (Å²) < 4.78 is 0. The molecule has 1 fully saturated rings. The van der Waals surface area contributed by atoms with Crippen LogP contribution < -0.4 is 5.01 Å². The van der Waals surface area contributed by atoms with Crippen LogP contribution in [0.15, 0.2) is 59.7 Å². The number of amidine groups is 1. The topological polar surface area (TPSA) is 62.0 Å². The molecule has 0 saturated carbocycles. The zero-order chi connectivity index (χ0) is 21.0. The number of non-ortho nitro benzene ring substituents is 1. The molecule has 0 bridgehead atoms. The van der Waals surface area contributed by atoms with Gasteiger partial charge in [0.05, 0.1) is 10.6 Å². The average molecular weight is 411 g/mol. The van der Waals surface area contributed by atoms with Gasteiger partial charge in [0.2, 0.25) is 0 Å². The quantitative estimate of drug-likeness (QED) is 0.494. The Morgan fingerprint density at radius 3 is 2.21 bits per heavy atom. The standard InChI is InChI=1S/C22H26N4O2S/c1-6-29-22-20(2,3)21(4,5)24(22)19(16-10-8-7-9-11-16)23-25(22)17-12-14-18(15-13-17)26(27)28/h7-15H,6H2,1-5H3. The fraction of sp³-hybridized carbons (Fsp3) is 0.409. The first-order valence-corrected chi connectivity index (χ1v) is 10.8. The normalized spacial score (nSPS) is 24.0. The van der Waals surface area contributed by atoms with E-state index in [9.17, 15) is 10.1 Å². The van der Waals surface area contributed by atoms with Gasteiger partial charge in [0.1, 0.15) is 0 Å². The summed E-state index contributed by atoms with van der Waals surface area (Å²) in [7, 11) is 0. The van der Waals surface area contributed by atoms with Gasteiger partial charge in [-0.05, 0) is 31.7 Å². The summed E-state index contributed by atoms with van der Waals surface area (Å²) in [6.45, 7) is 11.3. The Kier molecular flexibility index (Phi) is 4.42. The van der Waals surface area contributed by atoms with Crippen LogP contribution in [-0.4, -0.2) is 31.9 Å². The molecule has 0 radical (unpaired) electrons. The Morgan fingerprint density at radius 2 is 1.66 bits per heavy atom. The van der Waals surface area contributed by atoms with E-state index in [1.165, 1.54) is 0 Å². The highest BCUT2D eigenvalue weighted by Gasteiger charge is 2.77. The van der Waals surface area contributed by atoms with Crippen molar-refractivity contribution in [2.45, 2.75) is 45.2 Å². The number of rotatable bonds is 5. The molecule has 2 aliphatic rings. The zero-order valence-corrected chi connectivity index (χ0v) is 18.2. The molecule has 2 heterocycles. The second-order valence-corrected chi connectivity index (χ2v) is 9.87. The van der Waals surface area contributed by atoms with Crippen molar-refractivity contribution in [3.05, 3.63) is 70.3 Å². The SMILES string of the molecule is CCSC12N(c3ccc([N+](=O)[O-])cc3)N=C(c3ccccc3)N1C(C)(C)C2(C)C. The zero-order valence-electron chi connectivity index (χ0n) is 17.4. The van der Waals surface area contributed by atoms with E-state index in [1.807, 2.05) is 30.0 Å². The van der Waals surface area contributed by atoms with E-state index in [1.54, 1.807) is 24.3 Å². The Morgan fingerprint density at radius 1 is 1.03 bits per heavy atom. The lowest BCUT2D eigenvalue weighted by Crippen LogP contribution is -2.84. The molecule has 152 valence electrons. The first kappa shape index (κ1) is 19.8. The number of anilines is 1. The number of nitrogens with zero attached hydrogens (tertiary/aromatic N) is 4. The van der Waals surface area contributed by atoms with E-state index in [4.69, 9.17) is 5.10 Å². The van der Waals surface area contributed by atoms with Gasteiger partial charge in [0, 0.05) is 28.7 Å². The largest absolute Gasteiger partial charge is 0.315 e. The molecular weight excluding hydrogens is 384 g/mol. The van der Waals surface area contributed by atoms with Crippen LogP contribution in [0.3, 0.4) is 0 Å². The second kappa shape index (κ2) is 6.49. The number of benzene rings is 2. The van der Waals surface area contributed by atoms with Crippen LogP contribution >= 0.6 is 11.8 Å². The highest BCUT2D eigenvalue weighted by molar-refractivity contribution is 8.00. The molecular formula is C22H26N4O2S. The predicted molar refractivity (Wildman–Crippen MR) is 119 cm³/mol. The van der Waals surface area contributed by atoms with Crippen molar-refractivity contribution in [1.82, 2.24) is 4.90 Å². The molecule has 7 heteroatoms. The van der Waals surface area contributed by atoms with Crippen molar-refractivity contribution in [1.29, 1.82) is 0 Å². The summed E-state index contributed by atoms with van der Waals surface area (Å²) in [5, 5.41) is 18.3. The van der Waals surface area contributed by atoms with Crippen molar-refractivity contribution < 1.29 is 4.92 Å². The Labute approximate surface area is 175 Å². The second-order valence-electron chi connectivity index (χ2n) is 8.44. The maximum Gasteiger partial charge on any atom is 0.269 e. The van der Waals surface area contributed by atoms with Gasteiger partial charge in [0.15, 0.2) is 10.8 Å². The molecule has 1 unspecified atom stereocenters. The van der Waals surface area contributed by atoms with E-state index in [-0.39, 0.29) is 21.6 Å². The van der Waals surface area contributed by atoms with Crippen LogP contribution in [0, 0.1) is 15.5 Å². The summed E-state index contributed by atoms with van der Waals surface area (Å²) in [6.07, 6.45) is 0. The molecule has 0 spiro atoms. The Bertz CT molecular complexity index is 972. The fourth-order valence-electron chi connectivity index (χ4n) is 4.49. The number of hydrogen-bond acceptors (Lipinski definition) is 6. The van der Waals surface area contributed by atoms with Crippen molar-refractivity contribution in [3.63, 3.8) is 0 Å². The smallest absolute Gasteiger partial charge is 0.269 e. The molecule has 29 heavy (non-hydrogen) atoms. The van der Waals surface area contributed by atoms with E-state index in [0.717, 1.165) is 22.8 Å². The third kappa shape index (κ3) is 2.46. The molecule has 4 rings (SSSR count). The fourth-order valence-corrected chi connectivity index (χ4v) is 6.21. The van der Waals surface area contributed by atoms with Crippen LogP contribution in [0.4, 0.5) is 11.4 Å². The monoisotopic (exact) mass is 410 g/mol. The first-order chi connectivity index (χ1) is 13.7. The average Bonchev–Trinajstić information content (AvgIpc) is 3.04. The van der Waals surface area contributed by atoms with Gasteiger partial charge in [-0.25, -0.2) is 5.01 Å². The first-order valence-electron chi connectivity index (χ1n) is 9.81. The lowest BCUT2D eigenvalue weighted by Gasteiger charge is -2.72. The highest BCUT2D eigenvalue weighted by atomic mass is 32.2. The lowest BCUT2D eigenvalue weighted by molar-refractivity contribution is -0.384. The number of fused-ring (bicyclic) bond motifs is 1. The van der Waals surface area contributed by atoms with Crippen molar-refractivity contribution >= 4 is 29.0 Å². The van der Waals surface area contributed by atoms with Gasteiger partial charge in [-0.15, -0.1) is 11.8 Å². The Balaban J connectivity index is 1.90. The molecule has 0 amide bonds. The van der Waals surface area contributed by atoms with Gasteiger partial charge >= 0.3 is 0 Å². The molecule has 0 aliphatic carbocycles. The maximum atomic E-state index is 11.1. The van der Waals surface area contributed by atoms with Crippen molar-refractivity contribution in [3.8, 4) is 0 Å².